The highest BCUT2D eigenvalue weighted by Gasteiger charge is 2.24. The molecule has 1 amide bonds. The molecule has 24 heavy (non-hydrogen) atoms. The Morgan fingerprint density at radius 2 is 1.92 bits per heavy atom. The lowest BCUT2D eigenvalue weighted by molar-refractivity contribution is -0.139. The van der Waals surface area contributed by atoms with Crippen LogP contribution in [0.2, 0.25) is 0 Å². The Labute approximate surface area is 141 Å². The number of rotatable bonds is 7. The van der Waals surface area contributed by atoms with Gasteiger partial charge in [-0.1, -0.05) is 19.8 Å². The first-order chi connectivity index (χ1) is 11.4. The number of carbonyl (C=O) groups excluding carboxylic acids is 1. The number of amides is 1. The van der Waals surface area contributed by atoms with Gasteiger partial charge in [-0.05, 0) is 32.4 Å². The third-order valence-electron chi connectivity index (χ3n) is 4.08. The second kappa shape index (κ2) is 7.33. The molecule has 130 valence electrons. The molecule has 0 aliphatic heterocycles. The van der Waals surface area contributed by atoms with Crippen LogP contribution < -0.4 is 5.32 Å². The van der Waals surface area contributed by atoms with Crippen LogP contribution in [0.3, 0.4) is 0 Å². The number of aryl methyl sites for hydroxylation is 3. The number of nitrogens with one attached hydrogen (secondary N) is 1. The quantitative estimate of drug-likeness (QED) is 0.813. The molecule has 0 saturated heterocycles. The number of carboxylic acid groups (broad SMARTS) is 1. The van der Waals surface area contributed by atoms with E-state index in [9.17, 15) is 14.7 Å². The van der Waals surface area contributed by atoms with E-state index < -0.39 is 17.9 Å². The summed E-state index contributed by atoms with van der Waals surface area (Å²) in [6.07, 6.45) is 3.50. The van der Waals surface area contributed by atoms with E-state index in [4.69, 9.17) is 0 Å². The van der Waals surface area contributed by atoms with Crippen molar-refractivity contribution < 1.29 is 14.7 Å². The van der Waals surface area contributed by atoms with Crippen molar-refractivity contribution in [2.24, 2.45) is 7.05 Å². The molecule has 1 unspecified atom stereocenters. The molecular weight excluding hydrogens is 308 g/mol. The minimum Gasteiger partial charge on any atom is -0.480 e. The molecule has 0 bridgehead atoms. The molecular formula is C17H24N4O3. The highest BCUT2D eigenvalue weighted by molar-refractivity contribution is 5.99. The molecule has 0 saturated carbocycles. The van der Waals surface area contributed by atoms with Crippen LogP contribution in [0.25, 0.3) is 5.82 Å². The van der Waals surface area contributed by atoms with Crippen LogP contribution >= 0.6 is 0 Å². The number of aliphatic carboxylic acids is 1. The normalized spacial score (nSPS) is 12.2. The van der Waals surface area contributed by atoms with E-state index in [1.54, 1.807) is 11.7 Å². The van der Waals surface area contributed by atoms with Crippen molar-refractivity contribution in [3.63, 3.8) is 0 Å². The van der Waals surface area contributed by atoms with E-state index >= 15 is 0 Å². The lowest BCUT2D eigenvalue weighted by Crippen LogP contribution is -2.41. The fourth-order valence-corrected chi connectivity index (χ4v) is 2.76. The van der Waals surface area contributed by atoms with Gasteiger partial charge in [-0.2, -0.15) is 5.10 Å². The summed E-state index contributed by atoms with van der Waals surface area (Å²) in [5.74, 6) is -0.809. The van der Waals surface area contributed by atoms with Crippen molar-refractivity contribution in [1.82, 2.24) is 19.7 Å². The van der Waals surface area contributed by atoms with Gasteiger partial charge >= 0.3 is 5.97 Å². The van der Waals surface area contributed by atoms with Gasteiger partial charge in [0.05, 0.1) is 6.20 Å². The van der Waals surface area contributed by atoms with Crippen molar-refractivity contribution in [2.45, 2.75) is 46.1 Å². The SMILES string of the molecule is CCCCC(NC(=O)c1cnn(C)c1-n1c(C)ccc1C)C(=O)O. The van der Waals surface area contributed by atoms with Crippen LogP contribution in [-0.4, -0.2) is 37.4 Å². The number of hydrogen-bond donors (Lipinski definition) is 2. The third kappa shape index (κ3) is 3.50. The second-order valence-electron chi connectivity index (χ2n) is 5.96. The molecule has 2 N–H and O–H groups in total. The molecule has 7 nitrogen and oxygen atoms in total. The van der Waals surface area contributed by atoms with Crippen LogP contribution in [0.5, 0.6) is 0 Å². The summed E-state index contributed by atoms with van der Waals surface area (Å²) in [5, 5.41) is 16.1. The highest BCUT2D eigenvalue weighted by Crippen LogP contribution is 2.20. The van der Waals surface area contributed by atoms with Crippen LogP contribution in [0.4, 0.5) is 0 Å². The standard InChI is InChI=1S/C17H24N4O3/c1-5-6-7-14(17(23)24)19-15(22)13-10-18-20(4)16(13)21-11(2)8-9-12(21)3/h8-10,14H,5-7H2,1-4H3,(H,19,22)(H,23,24). The molecule has 1 atom stereocenters. The zero-order valence-corrected chi connectivity index (χ0v) is 14.5. The van der Waals surface area contributed by atoms with Gasteiger partial charge < -0.3 is 15.0 Å². The Morgan fingerprint density at radius 3 is 2.46 bits per heavy atom. The zero-order chi connectivity index (χ0) is 17.9. The summed E-state index contributed by atoms with van der Waals surface area (Å²) in [4.78, 5) is 24.0. The molecule has 0 radical (unpaired) electrons. The van der Waals surface area contributed by atoms with E-state index in [0.29, 0.717) is 17.8 Å². The fraction of sp³-hybridized carbons (Fsp3) is 0.471. The first-order valence-electron chi connectivity index (χ1n) is 8.07. The minimum absolute atomic E-state index is 0.364. The lowest BCUT2D eigenvalue weighted by Gasteiger charge is -2.16. The Bertz CT molecular complexity index is 726. The van der Waals surface area contributed by atoms with Gasteiger partial charge in [0, 0.05) is 18.4 Å². The average molecular weight is 332 g/mol. The van der Waals surface area contributed by atoms with Gasteiger partial charge in [-0.25, -0.2) is 4.79 Å². The fourth-order valence-electron chi connectivity index (χ4n) is 2.76. The van der Waals surface area contributed by atoms with Gasteiger partial charge in [0.1, 0.15) is 17.4 Å². The monoisotopic (exact) mass is 332 g/mol. The summed E-state index contributed by atoms with van der Waals surface area (Å²) >= 11 is 0. The number of nitrogens with zero attached hydrogens (tertiary/aromatic N) is 3. The van der Waals surface area contributed by atoms with E-state index in [1.165, 1.54) is 6.20 Å². The Balaban J connectivity index is 2.33. The zero-order valence-electron chi connectivity index (χ0n) is 14.5. The maximum atomic E-state index is 12.6. The molecule has 0 fully saturated rings. The summed E-state index contributed by atoms with van der Waals surface area (Å²) in [5.41, 5.74) is 2.32. The smallest absolute Gasteiger partial charge is 0.326 e. The van der Waals surface area contributed by atoms with Crippen molar-refractivity contribution in [3.8, 4) is 5.82 Å². The number of hydrogen-bond acceptors (Lipinski definition) is 3. The molecule has 2 rings (SSSR count). The molecule has 2 aromatic rings. The van der Waals surface area contributed by atoms with Crippen molar-refractivity contribution in [3.05, 3.63) is 35.3 Å². The molecule has 0 spiro atoms. The van der Waals surface area contributed by atoms with Crippen molar-refractivity contribution >= 4 is 11.9 Å². The van der Waals surface area contributed by atoms with Gasteiger partial charge in [-0.3, -0.25) is 9.48 Å². The Hall–Kier alpha value is -2.57. The van der Waals surface area contributed by atoms with E-state index in [0.717, 1.165) is 24.2 Å². The van der Waals surface area contributed by atoms with Crippen molar-refractivity contribution in [2.75, 3.05) is 0 Å². The van der Waals surface area contributed by atoms with Crippen LogP contribution in [0.15, 0.2) is 18.3 Å². The van der Waals surface area contributed by atoms with Gasteiger partial charge in [0.15, 0.2) is 0 Å². The predicted octanol–water partition coefficient (Wildman–Crippen LogP) is 2.20. The van der Waals surface area contributed by atoms with E-state index in [-0.39, 0.29) is 0 Å². The first-order valence-corrected chi connectivity index (χ1v) is 8.07. The van der Waals surface area contributed by atoms with Crippen LogP contribution in [0.1, 0.15) is 47.9 Å². The molecule has 0 aliphatic rings. The van der Waals surface area contributed by atoms with Gasteiger partial charge in [-0.15, -0.1) is 0 Å². The lowest BCUT2D eigenvalue weighted by atomic mass is 10.1. The third-order valence-corrected chi connectivity index (χ3v) is 4.08. The highest BCUT2D eigenvalue weighted by atomic mass is 16.4. The average Bonchev–Trinajstić information content (AvgIpc) is 3.05. The number of aromatic nitrogens is 3. The maximum Gasteiger partial charge on any atom is 0.326 e. The van der Waals surface area contributed by atoms with Crippen molar-refractivity contribution in [1.29, 1.82) is 0 Å². The summed E-state index contributed by atoms with van der Waals surface area (Å²) in [6.45, 7) is 5.88. The van der Waals surface area contributed by atoms with Gasteiger partial charge in [0.25, 0.3) is 5.91 Å². The Kier molecular flexibility index (Phi) is 5.43. The van der Waals surface area contributed by atoms with Gasteiger partial charge in [0.2, 0.25) is 0 Å². The first kappa shape index (κ1) is 17.8. The van der Waals surface area contributed by atoms with Crippen LogP contribution in [0, 0.1) is 13.8 Å². The van der Waals surface area contributed by atoms with E-state index in [2.05, 4.69) is 10.4 Å². The topological polar surface area (TPSA) is 89.2 Å². The minimum atomic E-state index is -1.02. The van der Waals surface area contributed by atoms with E-state index in [1.807, 2.05) is 37.5 Å². The summed E-state index contributed by atoms with van der Waals surface area (Å²) in [6, 6.07) is 3.04. The molecule has 2 heterocycles. The molecule has 0 aliphatic carbocycles. The summed E-state index contributed by atoms with van der Waals surface area (Å²) in [7, 11) is 1.76. The molecule has 0 aromatic carbocycles. The molecule has 2 aromatic heterocycles. The predicted molar refractivity (Wildman–Crippen MR) is 90.4 cm³/mol. The van der Waals surface area contributed by atoms with Crippen LogP contribution in [-0.2, 0) is 11.8 Å². The Morgan fingerprint density at radius 1 is 1.29 bits per heavy atom. The largest absolute Gasteiger partial charge is 0.480 e. The number of unbranched alkanes of at least 4 members (excludes halogenated alkanes) is 1. The number of carbonyl (C=O) groups is 2. The molecule has 7 heteroatoms. The maximum absolute atomic E-state index is 12.6. The summed E-state index contributed by atoms with van der Waals surface area (Å²) < 4.78 is 3.56. The second-order valence-corrected chi connectivity index (χ2v) is 5.96. The number of carboxylic acids is 1.